The van der Waals surface area contributed by atoms with Crippen molar-refractivity contribution in [1.29, 1.82) is 0 Å². The maximum Gasteiger partial charge on any atom is 0.309 e. The van der Waals surface area contributed by atoms with Crippen molar-refractivity contribution in [3.63, 3.8) is 0 Å². The number of rotatable bonds is 1. The second-order valence-electron chi connectivity index (χ2n) is 6.19. The van der Waals surface area contributed by atoms with Crippen LogP contribution in [0.1, 0.15) is 26.2 Å². The van der Waals surface area contributed by atoms with Gasteiger partial charge in [-0.25, -0.2) is 0 Å². The lowest BCUT2D eigenvalue weighted by atomic mass is 9.78. The van der Waals surface area contributed by atoms with Crippen molar-refractivity contribution in [3.8, 4) is 0 Å². The van der Waals surface area contributed by atoms with Crippen LogP contribution in [0.4, 0.5) is 0 Å². The van der Waals surface area contributed by atoms with Crippen molar-refractivity contribution in [2.45, 2.75) is 32.3 Å². The number of fused-ring (bicyclic) bond motifs is 3. The summed E-state index contributed by atoms with van der Waals surface area (Å²) in [6, 6.07) is 0. The number of Topliss-reactive ketones (excluding diaryl/α,β-unsaturated/α-hetero) is 1. The zero-order valence-corrected chi connectivity index (χ0v) is 11.2. The molecule has 0 spiro atoms. The third kappa shape index (κ3) is 1.76. The van der Waals surface area contributed by atoms with Crippen LogP contribution in [0.15, 0.2) is 12.2 Å². The van der Waals surface area contributed by atoms with Crippen LogP contribution in [0.25, 0.3) is 0 Å². The summed E-state index contributed by atoms with van der Waals surface area (Å²) in [6.07, 6.45) is 1.99. The van der Waals surface area contributed by atoms with Crippen LogP contribution >= 0.6 is 0 Å². The van der Waals surface area contributed by atoms with Gasteiger partial charge < -0.3 is 9.84 Å². The fourth-order valence-electron chi connectivity index (χ4n) is 4.20. The van der Waals surface area contributed by atoms with Crippen LogP contribution in [0, 0.1) is 29.6 Å². The molecule has 4 heteroatoms. The first-order valence-electron chi connectivity index (χ1n) is 7.06. The van der Waals surface area contributed by atoms with Gasteiger partial charge in [-0.2, -0.15) is 0 Å². The molecule has 1 heterocycles. The second-order valence-corrected chi connectivity index (χ2v) is 6.19. The molecule has 1 aliphatic heterocycles. The van der Waals surface area contributed by atoms with Gasteiger partial charge in [0.2, 0.25) is 0 Å². The first kappa shape index (κ1) is 12.9. The van der Waals surface area contributed by atoms with E-state index >= 15 is 0 Å². The SMILES string of the molecule is C=C1CC[C@@H]2[C@H](OC(=O)[C@H]2C)[C@H]2[C@H](CO)C(=O)C[C@@H]12. The molecule has 3 aliphatic rings. The third-order valence-electron chi connectivity index (χ3n) is 5.35. The number of aliphatic hydroxyl groups is 1. The van der Waals surface area contributed by atoms with E-state index in [0.29, 0.717) is 6.42 Å². The number of allylic oxidation sites excluding steroid dienone is 1. The lowest BCUT2D eigenvalue weighted by molar-refractivity contribution is -0.147. The van der Waals surface area contributed by atoms with Crippen LogP contribution in [0.2, 0.25) is 0 Å². The van der Waals surface area contributed by atoms with Crippen molar-refractivity contribution in [1.82, 2.24) is 0 Å². The summed E-state index contributed by atoms with van der Waals surface area (Å²) in [4.78, 5) is 23.8. The number of ketones is 1. The zero-order valence-electron chi connectivity index (χ0n) is 11.2. The Morgan fingerprint density at radius 1 is 1.42 bits per heavy atom. The highest BCUT2D eigenvalue weighted by Crippen LogP contribution is 2.51. The smallest absolute Gasteiger partial charge is 0.309 e. The summed E-state index contributed by atoms with van der Waals surface area (Å²) in [5, 5.41) is 9.51. The van der Waals surface area contributed by atoms with Crippen molar-refractivity contribution in [2.75, 3.05) is 6.61 Å². The molecule has 4 nitrogen and oxygen atoms in total. The Bertz CT molecular complexity index is 441. The van der Waals surface area contributed by atoms with Crippen LogP contribution in [-0.4, -0.2) is 29.6 Å². The maximum absolute atomic E-state index is 12.0. The van der Waals surface area contributed by atoms with E-state index in [1.54, 1.807) is 0 Å². The molecule has 19 heavy (non-hydrogen) atoms. The molecule has 1 N–H and O–H groups in total. The van der Waals surface area contributed by atoms with Gasteiger partial charge in [-0.05, 0) is 18.8 Å². The molecule has 3 rings (SSSR count). The van der Waals surface area contributed by atoms with E-state index in [-0.39, 0.29) is 54.1 Å². The number of ether oxygens (including phenoxy) is 1. The predicted molar refractivity (Wildman–Crippen MR) is 68.1 cm³/mol. The van der Waals surface area contributed by atoms with E-state index in [9.17, 15) is 14.7 Å². The van der Waals surface area contributed by atoms with E-state index in [4.69, 9.17) is 4.74 Å². The number of hydrogen-bond acceptors (Lipinski definition) is 4. The topological polar surface area (TPSA) is 63.6 Å². The standard InChI is InChI=1S/C15H20O4/c1-7-3-4-9-8(2)15(18)19-14(9)13-10(7)5-12(17)11(13)6-16/h8-11,13-14,16H,1,3-6H2,2H3/t8-,9-,10-,11+,13+,14-/m0/s1. The normalized spacial score (nSPS) is 45.7. The monoisotopic (exact) mass is 264 g/mol. The zero-order chi connectivity index (χ0) is 13.7. The number of aliphatic hydroxyl groups excluding tert-OH is 1. The van der Waals surface area contributed by atoms with E-state index in [2.05, 4.69) is 6.58 Å². The number of carbonyl (C=O) groups excluding carboxylic acids is 2. The molecule has 0 aromatic rings. The molecule has 0 aromatic heterocycles. The van der Waals surface area contributed by atoms with Crippen LogP contribution in [0.5, 0.6) is 0 Å². The third-order valence-corrected chi connectivity index (χ3v) is 5.35. The molecule has 1 saturated heterocycles. The van der Waals surface area contributed by atoms with Crippen LogP contribution < -0.4 is 0 Å². The summed E-state index contributed by atoms with van der Waals surface area (Å²) in [6.45, 7) is 5.87. The van der Waals surface area contributed by atoms with Gasteiger partial charge in [0, 0.05) is 24.2 Å². The van der Waals surface area contributed by atoms with Crippen molar-refractivity contribution in [2.24, 2.45) is 29.6 Å². The lowest BCUT2D eigenvalue weighted by Crippen LogP contribution is -2.35. The summed E-state index contributed by atoms with van der Waals surface area (Å²) in [5.74, 6) is -0.368. The molecular weight excluding hydrogens is 244 g/mol. The average molecular weight is 264 g/mol. The van der Waals surface area contributed by atoms with Crippen LogP contribution in [-0.2, 0) is 14.3 Å². The Balaban J connectivity index is 1.99. The molecule has 0 radical (unpaired) electrons. The molecule has 6 atom stereocenters. The first-order chi connectivity index (χ1) is 9.04. The van der Waals surface area contributed by atoms with Gasteiger partial charge in [0.25, 0.3) is 0 Å². The van der Waals surface area contributed by atoms with E-state index in [1.165, 1.54) is 0 Å². The Hall–Kier alpha value is -1.16. The molecule has 2 aliphatic carbocycles. The van der Waals surface area contributed by atoms with Gasteiger partial charge in [-0.3, -0.25) is 9.59 Å². The highest BCUT2D eigenvalue weighted by atomic mass is 16.6. The summed E-state index contributed by atoms with van der Waals surface area (Å²) < 4.78 is 5.56. The van der Waals surface area contributed by atoms with E-state index < -0.39 is 0 Å². The molecule has 0 aromatic carbocycles. The molecular formula is C15H20O4. The summed E-state index contributed by atoms with van der Waals surface area (Å²) in [7, 11) is 0. The molecule has 0 amide bonds. The van der Waals surface area contributed by atoms with Gasteiger partial charge in [0.05, 0.1) is 12.5 Å². The van der Waals surface area contributed by atoms with E-state index in [1.807, 2.05) is 6.92 Å². The van der Waals surface area contributed by atoms with Crippen LogP contribution in [0.3, 0.4) is 0 Å². The summed E-state index contributed by atoms with van der Waals surface area (Å²) >= 11 is 0. The van der Waals surface area contributed by atoms with Gasteiger partial charge >= 0.3 is 5.97 Å². The molecule has 104 valence electrons. The number of esters is 1. The average Bonchev–Trinajstić information content (AvgIpc) is 2.81. The molecule has 0 bridgehead atoms. The van der Waals surface area contributed by atoms with Gasteiger partial charge in [0.15, 0.2) is 0 Å². The van der Waals surface area contributed by atoms with E-state index in [0.717, 1.165) is 18.4 Å². The fraction of sp³-hybridized carbons (Fsp3) is 0.733. The number of hydrogen-bond donors (Lipinski definition) is 1. The quantitative estimate of drug-likeness (QED) is 0.573. The van der Waals surface area contributed by atoms with Gasteiger partial charge in [-0.1, -0.05) is 19.1 Å². The minimum atomic E-state index is -0.384. The Morgan fingerprint density at radius 3 is 2.84 bits per heavy atom. The highest BCUT2D eigenvalue weighted by Gasteiger charge is 2.56. The fourth-order valence-corrected chi connectivity index (χ4v) is 4.20. The van der Waals surface area contributed by atoms with Crippen molar-refractivity contribution in [3.05, 3.63) is 12.2 Å². The second kappa shape index (κ2) is 4.44. The molecule has 3 fully saturated rings. The minimum Gasteiger partial charge on any atom is -0.461 e. The Morgan fingerprint density at radius 2 is 2.16 bits per heavy atom. The van der Waals surface area contributed by atoms with Crippen molar-refractivity contribution >= 4 is 11.8 Å². The number of carbonyl (C=O) groups is 2. The first-order valence-corrected chi connectivity index (χ1v) is 7.06. The Labute approximate surface area is 112 Å². The summed E-state index contributed by atoms with van der Waals surface area (Å²) in [5.41, 5.74) is 1.09. The Kier molecular flexibility index (Phi) is 3.01. The lowest BCUT2D eigenvalue weighted by Gasteiger charge is -2.28. The largest absolute Gasteiger partial charge is 0.461 e. The predicted octanol–water partition coefficient (Wildman–Crippen LogP) is 1.33. The molecule has 0 unspecified atom stereocenters. The van der Waals surface area contributed by atoms with Gasteiger partial charge in [0.1, 0.15) is 11.9 Å². The van der Waals surface area contributed by atoms with Gasteiger partial charge in [-0.15, -0.1) is 0 Å². The molecule has 2 saturated carbocycles. The van der Waals surface area contributed by atoms with Crippen molar-refractivity contribution < 1.29 is 19.4 Å². The maximum atomic E-state index is 12.0. The minimum absolute atomic E-state index is 0.0635. The highest BCUT2D eigenvalue weighted by molar-refractivity contribution is 5.85.